The quantitative estimate of drug-likeness (QED) is 0.897. The Morgan fingerprint density at radius 1 is 1.29 bits per heavy atom. The van der Waals surface area contributed by atoms with Crippen LogP contribution >= 0.6 is 11.6 Å². The zero-order chi connectivity index (χ0) is 15.6. The van der Waals surface area contributed by atoms with Crippen molar-refractivity contribution in [1.29, 1.82) is 0 Å². The highest BCUT2D eigenvalue weighted by Gasteiger charge is 2.17. The van der Waals surface area contributed by atoms with E-state index in [0.717, 1.165) is 30.5 Å². The predicted octanol–water partition coefficient (Wildman–Crippen LogP) is 2.07. The van der Waals surface area contributed by atoms with Crippen molar-refractivity contribution in [3.8, 4) is 0 Å². The molecule has 1 aromatic heterocycles. The molecule has 1 aromatic carbocycles. The van der Waals surface area contributed by atoms with E-state index in [2.05, 4.69) is 9.71 Å². The molecule has 0 saturated carbocycles. The maximum atomic E-state index is 13.4. The van der Waals surface area contributed by atoms with Crippen molar-refractivity contribution in [3.05, 3.63) is 52.7 Å². The second kappa shape index (κ2) is 5.92. The zero-order valence-electron chi connectivity index (χ0n) is 10.5. The van der Waals surface area contributed by atoms with E-state index in [-0.39, 0.29) is 21.3 Å². The Morgan fingerprint density at radius 2 is 2.00 bits per heavy atom. The monoisotopic (exact) mass is 333 g/mol. The van der Waals surface area contributed by atoms with Gasteiger partial charge in [-0.05, 0) is 24.3 Å². The molecule has 2 aromatic rings. The van der Waals surface area contributed by atoms with Gasteiger partial charge in [0.15, 0.2) is 0 Å². The Hall–Kier alpha value is -1.77. The van der Waals surface area contributed by atoms with E-state index < -0.39 is 28.2 Å². The number of rotatable bonds is 4. The number of nitrogens with one attached hydrogen (secondary N) is 1. The molecular formula is C12H10ClF2N3O2S. The van der Waals surface area contributed by atoms with Crippen molar-refractivity contribution in [2.24, 2.45) is 0 Å². The smallest absolute Gasteiger partial charge is 0.242 e. The standard InChI is InChI=1S/C12H10ClF2N3O2S/c13-10-4-9(6-17-12(10)16)21(19,20)18-5-7-3-8(14)1-2-11(7)15/h1-4,6,18H,5H2,(H2,16,17). The van der Waals surface area contributed by atoms with E-state index in [0.29, 0.717) is 0 Å². The van der Waals surface area contributed by atoms with Crippen LogP contribution in [0.5, 0.6) is 0 Å². The summed E-state index contributed by atoms with van der Waals surface area (Å²) in [5, 5.41) is -0.0187. The van der Waals surface area contributed by atoms with Gasteiger partial charge in [0, 0.05) is 18.3 Å². The average Bonchev–Trinajstić information content (AvgIpc) is 2.43. The third-order valence-corrected chi connectivity index (χ3v) is 4.29. The fourth-order valence-electron chi connectivity index (χ4n) is 1.51. The largest absolute Gasteiger partial charge is 0.382 e. The van der Waals surface area contributed by atoms with Crippen molar-refractivity contribution in [2.75, 3.05) is 5.73 Å². The van der Waals surface area contributed by atoms with E-state index in [4.69, 9.17) is 17.3 Å². The zero-order valence-corrected chi connectivity index (χ0v) is 12.0. The average molecular weight is 334 g/mol. The summed E-state index contributed by atoms with van der Waals surface area (Å²) in [5.41, 5.74) is 5.27. The molecule has 3 N–H and O–H groups in total. The van der Waals surface area contributed by atoms with E-state index in [1.54, 1.807) is 0 Å². The van der Waals surface area contributed by atoms with E-state index in [1.165, 1.54) is 0 Å². The molecule has 0 aliphatic heterocycles. The Morgan fingerprint density at radius 3 is 2.67 bits per heavy atom. The van der Waals surface area contributed by atoms with Crippen molar-refractivity contribution >= 4 is 27.4 Å². The lowest BCUT2D eigenvalue weighted by atomic mass is 10.2. The first-order valence-corrected chi connectivity index (χ1v) is 7.50. The van der Waals surface area contributed by atoms with Crippen LogP contribution in [-0.4, -0.2) is 13.4 Å². The van der Waals surface area contributed by atoms with Gasteiger partial charge >= 0.3 is 0 Å². The van der Waals surface area contributed by atoms with Crippen LogP contribution < -0.4 is 10.5 Å². The van der Waals surface area contributed by atoms with Crippen LogP contribution in [0.4, 0.5) is 14.6 Å². The first-order chi connectivity index (χ1) is 9.79. The number of hydrogen-bond donors (Lipinski definition) is 2. The Balaban J connectivity index is 2.21. The summed E-state index contributed by atoms with van der Waals surface area (Å²) >= 11 is 5.69. The van der Waals surface area contributed by atoms with Crippen molar-refractivity contribution in [3.63, 3.8) is 0 Å². The molecule has 0 bridgehead atoms. The number of hydrogen-bond acceptors (Lipinski definition) is 4. The van der Waals surface area contributed by atoms with E-state index >= 15 is 0 Å². The minimum Gasteiger partial charge on any atom is -0.382 e. The number of halogens is 3. The number of anilines is 1. The highest BCUT2D eigenvalue weighted by Crippen LogP contribution is 2.20. The summed E-state index contributed by atoms with van der Waals surface area (Å²) in [6, 6.07) is 3.89. The molecule has 0 fully saturated rings. The summed E-state index contributed by atoms with van der Waals surface area (Å²) in [4.78, 5) is 3.40. The fraction of sp³-hybridized carbons (Fsp3) is 0.0833. The molecule has 21 heavy (non-hydrogen) atoms. The number of aromatic nitrogens is 1. The van der Waals surface area contributed by atoms with Crippen LogP contribution in [0.15, 0.2) is 35.4 Å². The third-order valence-electron chi connectivity index (χ3n) is 2.62. The second-order valence-electron chi connectivity index (χ2n) is 4.10. The summed E-state index contributed by atoms with van der Waals surface area (Å²) < 4.78 is 52.5. The van der Waals surface area contributed by atoms with Crippen LogP contribution in [0.25, 0.3) is 0 Å². The lowest BCUT2D eigenvalue weighted by Crippen LogP contribution is -2.24. The van der Waals surface area contributed by atoms with Crippen molar-refractivity contribution in [1.82, 2.24) is 9.71 Å². The van der Waals surface area contributed by atoms with Crippen LogP contribution in [0.2, 0.25) is 5.02 Å². The summed E-state index contributed by atoms with van der Waals surface area (Å²) in [6.45, 7) is -0.409. The van der Waals surface area contributed by atoms with Gasteiger partial charge in [0.1, 0.15) is 22.3 Å². The lowest BCUT2D eigenvalue weighted by molar-refractivity contribution is 0.567. The van der Waals surface area contributed by atoms with E-state index in [1.807, 2.05) is 0 Å². The van der Waals surface area contributed by atoms with Crippen LogP contribution in [0.1, 0.15) is 5.56 Å². The van der Waals surface area contributed by atoms with Gasteiger partial charge in [-0.15, -0.1) is 0 Å². The fourth-order valence-corrected chi connectivity index (χ4v) is 2.72. The van der Waals surface area contributed by atoms with Crippen molar-refractivity contribution in [2.45, 2.75) is 11.4 Å². The second-order valence-corrected chi connectivity index (χ2v) is 6.27. The Bertz CT molecular complexity index is 784. The van der Waals surface area contributed by atoms with Gasteiger partial charge in [-0.1, -0.05) is 11.6 Å². The van der Waals surface area contributed by atoms with Gasteiger partial charge in [0.25, 0.3) is 0 Å². The number of sulfonamides is 1. The Kier molecular flexibility index (Phi) is 4.40. The third kappa shape index (κ3) is 3.66. The molecule has 5 nitrogen and oxygen atoms in total. The normalized spacial score (nSPS) is 11.6. The molecule has 0 radical (unpaired) electrons. The summed E-state index contributed by atoms with van der Waals surface area (Å²) in [6.07, 6.45) is 1.02. The van der Waals surface area contributed by atoms with Gasteiger partial charge in [-0.2, -0.15) is 0 Å². The SMILES string of the molecule is Nc1ncc(S(=O)(=O)NCc2cc(F)ccc2F)cc1Cl. The molecule has 112 valence electrons. The molecule has 0 atom stereocenters. The van der Waals surface area contributed by atoms with Gasteiger partial charge in [-0.25, -0.2) is 26.9 Å². The van der Waals surface area contributed by atoms with E-state index in [9.17, 15) is 17.2 Å². The molecule has 0 amide bonds. The molecule has 0 saturated heterocycles. The number of benzene rings is 1. The number of pyridine rings is 1. The van der Waals surface area contributed by atoms with Gasteiger partial charge in [0.05, 0.1) is 5.02 Å². The minimum atomic E-state index is -3.97. The Labute approximate surface area is 124 Å². The number of nitrogen functional groups attached to an aromatic ring is 1. The van der Waals surface area contributed by atoms with Gasteiger partial charge in [-0.3, -0.25) is 0 Å². The lowest BCUT2D eigenvalue weighted by Gasteiger charge is -2.08. The van der Waals surface area contributed by atoms with Gasteiger partial charge in [0.2, 0.25) is 10.0 Å². The summed E-state index contributed by atoms with van der Waals surface area (Å²) in [7, 11) is -3.97. The number of nitrogens with two attached hydrogens (primary N) is 1. The van der Waals surface area contributed by atoms with Crippen LogP contribution in [-0.2, 0) is 16.6 Å². The molecule has 9 heteroatoms. The maximum Gasteiger partial charge on any atom is 0.242 e. The van der Waals surface area contributed by atoms with Crippen LogP contribution in [0, 0.1) is 11.6 Å². The molecule has 0 aliphatic carbocycles. The van der Waals surface area contributed by atoms with Crippen LogP contribution in [0.3, 0.4) is 0 Å². The molecule has 0 aliphatic rings. The molecule has 2 rings (SSSR count). The first kappa shape index (κ1) is 15.6. The molecule has 1 heterocycles. The topological polar surface area (TPSA) is 85.1 Å². The molecule has 0 spiro atoms. The highest BCUT2D eigenvalue weighted by atomic mass is 35.5. The minimum absolute atomic E-state index is 0.00760. The summed E-state index contributed by atoms with van der Waals surface area (Å²) in [5.74, 6) is -1.39. The predicted molar refractivity (Wildman–Crippen MR) is 74.0 cm³/mol. The molecule has 0 unspecified atom stereocenters. The molecular weight excluding hydrogens is 324 g/mol. The van der Waals surface area contributed by atoms with Crippen molar-refractivity contribution < 1.29 is 17.2 Å². The highest BCUT2D eigenvalue weighted by molar-refractivity contribution is 7.89. The maximum absolute atomic E-state index is 13.4. The first-order valence-electron chi connectivity index (χ1n) is 5.64. The number of nitrogens with zero attached hydrogens (tertiary/aromatic N) is 1. The van der Waals surface area contributed by atoms with Gasteiger partial charge < -0.3 is 5.73 Å².